The number of sulfonamides is 1. The van der Waals surface area contributed by atoms with Gasteiger partial charge in [0.15, 0.2) is 9.84 Å². The first-order valence-electron chi connectivity index (χ1n) is 8.96. The van der Waals surface area contributed by atoms with Gasteiger partial charge in [-0.3, -0.25) is 0 Å². The largest absolute Gasteiger partial charge is 0.340 e. The number of hydrogen-bond acceptors (Lipinski definition) is 8. The van der Waals surface area contributed by atoms with Crippen molar-refractivity contribution < 1.29 is 16.8 Å². The Morgan fingerprint density at radius 1 is 0.800 bits per heavy atom. The van der Waals surface area contributed by atoms with Crippen LogP contribution in [0.15, 0.2) is 70.7 Å². The topological polar surface area (TPSA) is 130 Å². The lowest BCUT2D eigenvalue weighted by atomic mass is 10.3. The maximum atomic E-state index is 12.1. The molecule has 9 nitrogen and oxygen atoms in total. The van der Waals surface area contributed by atoms with Gasteiger partial charge in [-0.1, -0.05) is 13.0 Å². The molecule has 11 heteroatoms. The first-order valence-corrected chi connectivity index (χ1v) is 12.1. The van der Waals surface area contributed by atoms with E-state index in [4.69, 9.17) is 0 Å². The second kappa shape index (κ2) is 8.78. The number of nitrogens with one attached hydrogen (secondary N) is 3. The molecule has 0 saturated heterocycles. The van der Waals surface area contributed by atoms with Crippen LogP contribution >= 0.6 is 0 Å². The summed E-state index contributed by atoms with van der Waals surface area (Å²) in [5.74, 6) is 0.967. The van der Waals surface area contributed by atoms with Gasteiger partial charge in [0.1, 0.15) is 18.0 Å². The second-order valence-corrected chi connectivity index (χ2v) is 10.4. The lowest BCUT2D eigenvalue weighted by Crippen LogP contribution is -2.18. The smallest absolute Gasteiger partial charge is 0.240 e. The van der Waals surface area contributed by atoms with Crippen molar-refractivity contribution in [3.63, 3.8) is 0 Å². The van der Waals surface area contributed by atoms with Gasteiger partial charge in [0.05, 0.1) is 15.5 Å². The molecule has 0 bridgehead atoms. The molecule has 0 radical (unpaired) electrons. The van der Waals surface area contributed by atoms with E-state index in [-0.39, 0.29) is 15.5 Å². The lowest BCUT2D eigenvalue weighted by Gasteiger charge is -2.10. The number of benzene rings is 2. The fraction of sp³-hybridized carbons (Fsp3) is 0.158. The third-order valence-corrected chi connectivity index (χ3v) is 7.38. The van der Waals surface area contributed by atoms with Crippen molar-refractivity contribution in [3.8, 4) is 0 Å². The third kappa shape index (κ3) is 5.12. The number of rotatable bonds is 8. The highest BCUT2D eigenvalue weighted by atomic mass is 32.2. The van der Waals surface area contributed by atoms with Gasteiger partial charge < -0.3 is 10.6 Å². The fourth-order valence-corrected chi connectivity index (χ4v) is 4.21. The number of hydrogen-bond donors (Lipinski definition) is 3. The van der Waals surface area contributed by atoms with Crippen molar-refractivity contribution in [1.82, 2.24) is 14.7 Å². The summed E-state index contributed by atoms with van der Waals surface area (Å²) >= 11 is 0. The van der Waals surface area contributed by atoms with Gasteiger partial charge in [-0.15, -0.1) is 0 Å². The summed E-state index contributed by atoms with van der Waals surface area (Å²) in [4.78, 5) is 8.68. The van der Waals surface area contributed by atoms with Crippen LogP contribution in [0, 0.1) is 0 Å². The van der Waals surface area contributed by atoms with Gasteiger partial charge in [-0.2, -0.15) is 0 Å². The minimum absolute atomic E-state index is 0.0203. The monoisotopic (exact) mass is 447 g/mol. The van der Waals surface area contributed by atoms with E-state index in [1.807, 2.05) is 0 Å². The molecule has 1 aromatic heterocycles. The summed E-state index contributed by atoms with van der Waals surface area (Å²) in [5, 5.41) is 6.13. The van der Waals surface area contributed by atoms with E-state index in [0.29, 0.717) is 23.0 Å². The van der Waals surface area contributed by atoms with Gasteiger partial charge >= 0.3 is 0 Å². The summed E-state index contributed by atoms with van der Waals surface area (Å²) < 4.78 is 50.0. The number of aromatic nitrogens is 2. The zero-order valence-electron chi connectivity index (χ0n) is 16.3. The molecule has 3 N–H and O–H groups in total. The van der Waals surface area contributed by atoms with Gasteiger partial charge in [-0.25, -0.2) is 31.5 Å². The van der Waals surface area contributed by atoms with E-state index in [0.717, 1.165) is 0 Å². The first-order chi connectivity index (χ1) is 14.2. The van der Waals surface area contributed by atoms with Crippen LogP contribution in [0.25, 0.3) is 0 Å². The fourth-order valence-electron chi connectivity index (χ4n) is 2.56. The van der Waals surface area contributed by atoms with Crippen LogP contribution in [0.4, 0.5) is 23.0 Å². The van der Waals surface area contributed by atoms with Crippen LogP contribution in [0.3, 0.4) is 0 Å². The molecule has 2 aromatic carbocycles. The summed E-state index contributed by atoms with van der Waals surface area (Å²) in [6.45, 7) is 1.60. The molecule has 0 fully saturated rings. The van der Waals surface area contributed by atoms with Crippen molar-refractivity contribution in [3.05, 3.63) is 60.9 Å². The minimum atomic E-state index is -3.50. The van der Waals surface area contributed by atoms with Crippen LogP contribution in [0.5, 0.6) is 0 Å². The lowest BCUT2D eigenvalue weighted by molar-refractivity contribution is 0.588. The van der Waals surface area contributed by atoms with Gasteiger partial charge in [0.2, 0.25) is 10.0 Å². The zero-order valence-corrected chi connectivity index (χ0v) is 18.0. The van der Waals surface area contributed by atoms with Crippen LogP contribution in [-0.2, 0) is 19.9 Å². The Bertz CT molecular complexity index is 1240. The Labute approximate surface area is 175 Å². The van der Waals surface area contributed by atoms with E-state index in [1.54, 1.807) is 49.4 Å². The summed E-state index contributed by atoms with van der Waals surface area (Å²) in [6.07, 6.45) is 1.36. The van der Waals surface area contributed by atoms with Gasteiger partial charge in [0, 0.05) is 17.4 Å². The van der Waals surface area contributed by atoms with E-state index in [9.17, 15) is 16.8 Å². The zero-order chi connectivity index (χ0) is 21.8. The number of anilines is 4. The van der Waals surface area contributed by atoms with E-state index in [1.165, 1.54) is 25.5 Å². The van der Waals surface area contributed by atoms with Crippen LogP contribution in [0.1, 0.15) is 6.92 Å². The molecule has 3 aromatic rings. The molecule has 0 spiro atoms. The number of sulfone groups is 1. The molecule has 0 unspecified atom stereocenters. The van der Waals surface area contributed by atoms with Crippen molar-refractivity contribution in [1.29, 1.82) is 0 Å². The van der Waals surface area contributed by atoms with Crippen LogP contribution < -0.4 is 15.4 Å². The maximum absolute atomic E-state index is 12.1. The van der Waals surface area contributed by atoms with Gasteiger partial charge in [-0.05, 0) is 49.5 Å². The van der Waals surface area contributed by atoms with Crippen LogP contribution in [-0.4, -0.2) is 39.6 Å². The molecule has 0 amide bonds. The van der Waals surface area contributed by atoms with Gasteiger partial charge in [0.25, 0.3) is 0 Å². The average Bonchev–Trinajstić information content (AvgIpc) is 2.74. The van der Waals surface area contributed by atoms with Crippen molar-refractivity contribution in [2.24, 2.45) is 0 Å². The Hall–Kier alpha value is -3.02. The SMILES string of the molecule is CCS(=O)(=O)c1cccc(Nc2cc(Nc3ccc(S(=O)(=O)NC)cc3)ncn2)c1. The maximum Gasteiger partial charge on any atom is 0.240 e. The Morgan fingerprint density at radius 2 is 1.43 bits per heavy atom. The second-order valence-electron chi connectivity index (χ2n) is 6.20. The first kappa shape index (κ1) is 21.7. The standard InChI is InChI=1S/C19H21N5O4S2/c1-3-29(25,26)17-6-4-5-15(11-17)24-19-12-18(21-13-22-19)23-14-7-9-16(10-8-14)30(27,28)20-2/h4-13,20H,3H2,1-2H3,(H2,21,22,23,24). The predicted octanol–water partition coefficient (Wildman–Crippen LogP) is 2.67. The normalized spacial score (nSPS) is 11.8. The quantitative estimate of drug-likeness (QED) is 0.480. The summed E-state index contributed by atoms with van der Waals surface area (Å²) in [6, 6.07) is 14.4. The van der Waals surface area contributed by atoms with Crippen molar-refractivity contribution >= 4 is 42.9 Å². The highest BCUT2D eigenvalue weighted by Crippen LogP contribution is 2.22. The molecular formula is C19H21N5O4S2. The predicted molar refractivity (Wildman–Crippen MR) is 115 cm³/mol. The van der Waals surface area contributed by atoms with E-state index < -0.39 is 19.9 Å². The molecule has 3 rings (SSSR count). The molecule has 30 heavy (non-hydrogen) atoms. The molecule has 0 aliphatic rings. The number of nitrogens with zero attached hydrogens (tertiary/aromatic N) is 2. The highest BCUT2D eigenvalue weighted by Gasteiger charge is 2.12. The molecule has 0 atom stereocenters. The van der Waals surface area contributed by atoms with Crippen LogP contribution in [0.2, 0.25) is 0 Å². The molecule has 0 aliphatic carbocycles. The van der Waals surface area contributed by atoms with E-state index in [2.05, 4.69) is 25.3 Å². The summed E-state index contributed by atoms with van der Waals surface area (Å²) in [7, 11) is -5.46. The molecular weight excluding hydrogens is 426 g/mol. The Kier molecular flexibility index (Phi) is 6.34. The van der Waals surface area contributed by atoms with E-state index >= 15 is 0 Å². The third-order valence-electron chi connectivity index (χ3n) is 4.22. The average molecular weight is 448 g/mol. The van der Waals surface area contributed by atoms with Crippen molar-refractivity contribution in [2.45, 2.75) is 16.7 Å². The summed E-state index contributed by atoms with van der Waals surface area (Å²) in [5.41, 5.74) is 1.22. The Balaban J connectivity index is 1.77. The molecule has 158 valence electrons. The molecule has 1 heterocycles. The Morgan fingerprint density at radius 3 is 2.03 bits per heavy atom. The molecule has 0 saturated carbocycles. The molecule has 0 aliphatic heterocycles. The van der Waals surface area contributed by atoms with Crippen molar-refractivity contribution in [2.75, 3.05) is 23.4 Å². The minimum Gasteiger partial charge on any atom is -0.340 e. The highest BCUT2D eigenvalue weighted by molar-refractivity contribution is 7.91.